The molecular weight excluding hydrogens is 204 g/mol. The third-order valence-electron chi connectivity index (χ3n) is 2.54. The van der Waals surface area contributed by atoms with Gasteiger partial charge in [-0.15, -0.1) is 0 Å². The van der Waals surface area contributed by atoms with Gasteiger partial charge < -0.3 is 15.4 Å². The van der Waals surface area contributed by atoms with Gasteiger partial charge in [-0.3, -0.25) is 4.79 Å². The predicted octanol–water partition coefficient (Wildman–Crippen LogP) is 0.543. The fraction of sp³-hybridized carbons (Fsp3) is 0.417. The Bertz CT molecular complexity index is 334. The van der Waals surface area contributed by atoms with Crippen molar-refractivity contribution < 1.29 is 9.53 Å². The Balaban J connectivity index is 1.71. The van der Waals surface area contributed by atoms with Crippen LogP contribution in [0.2, 0.25) is 0 Å². The molecule has 2 rings (SSSR count). The highest BCUT2D eigenvalue weighted by atomic mass is 16.5. The Labute approximate surface area is 95.0 Å². The van der Waals surface area contributed by atoms with E-state index < -0.39 is 0 Å². The van der Waals surface area contributed by atoms with E-state index in [0.717, 1.165) is 25.3 Å². The number of hydrogen-bond donors (Lipinski definition) is 2. The second kappa shape index (κ2) is 5.51. The zero-order valence-corrected chi connectivity index (χ0v) is 9.11. The lowest BCUT2D eigenvalue weighted by Gasteiger charge is -2.11. The highest BCUT2D eigenvalue weighted by Crippen LogP contribution is 2.07. The first-order chi connectivity index (χ1) is 7.84. The maximum Gasteiger partial charge on any atom is 0.258 e. The van der Waals surface area contributed by atoms with Gasteiger partial charge in [-0.25, -0.2) is 0 Å². The van der Waals surface area contributed by atoms with E-state index in [1.165, 1.54) is 0 Å². The lowest BCUT2D eigenvalue weighted by atomic mass is 10.2. The highest BCUT2D eigenvalue weighted by molar-refractivity contribution is 5.77. The Morgan fingerprint density at radius 2 is 2.25 bits per heavy atom. The summed E-state index contributed by atoms with van der Waals surface area (Å²) in [6, 6.07) is 9.61. The zero-order valence-electron chi connectivity index (χ0n) is 9.11. The summed E-state index contributed by atoms with van der Waals surface area (Å²) in [6.07, 6.45) is 0.997. The van der Waals surface area contributed by atoms with Crippen LogP contribution in [0.3, 0.4) is 0 Å². The molecule has 0 bridgehead atoms. The van der Waals surface area contributed by atoms with Crippen LogP contribution in [0, 0.1) is 0 Å². The first-order valence-electron chi connectivity index (χ1n) is 5.52. The molecule has 1 aliphatic heterocycles. The van der Waals surface area contributed by atoms with Crippen LogP contribution in [0.15, 0.2) is 30.3 Å². The van der Waals surface area contributed by atoms with Gasteiger partial charge in [0.15, 0.2) is 6.61 Å². The molecule has 1 aliphatic rings. The minimum atomic E-state index is -0.0578. The van der Waals surface area contributed by atoms with Crippen molar-refractivity contribution in [1.82, 2.24) is 10.6 Å². The van der Waals surface area contributed by atoms with Gasteiger partial charge in [0.25, 0.3) is 5.91 Å². The van der Waals surface area contributed by atoms with Gasteiger partial charge in [0.2, 0.25) is 0 Å². The molecule has 0 aliphatic carbocycles. The molecular formula is C12H16N2O2. The van der Waals surface area contributed by atoms with Crippen molar-refractivity contribution in [2.75, 3.05) is 19.7 Å². The molecule has 4 heteroatoms. The summed E-state index contributed by atoms with van der Waals surface area (Å²) in [4.78, 5) is 11.5. The van der Waals surface area contributed by atoms with E-state index in [0.29, 0.717) is 0 Å². The van der Waals surface area contributed by atoms with E-state index >= 15 is 0 Å². The quantitative estimate of drug-likeness (QED) is 0.779. The second-order valence-electron chi connectivity index (χ2n) is 3.86. The third kappa shape index (κ3) is 3.24. The molecule has 1 saturated heterocycles. The molecule has 16 heavy (non-hydrogen) atoms. The van der Waals surface area contributed by atoms with E-state index in [9.17, 15) is 4.79 Å². The summed E-state index contributed by atoms with van der Waals surface area (Å²) in [6.45, 7) is 1.92. The van der Waals surface area contributed by atoms with E-state index in [2.05, 4.69) is 10.6 Å². The lowest BCUT2D eigenvalue weighted by molar-refractivity contribution is -0.123. The first kappa shape index (κ1) is 11.0. The zero-order chi connectivity index (χ0) is 11.2. The van der Waals surface area contributed by atoms with Crippen LogP contribution in [-0.2, 0) is 4.79 Å². The van der Waals surface area contributed by atoms with Gasteiger partial charge in [0.1, 0.15) is 5.75 Å². The van der Waals surface area contributed by atoms with Crippen LogP contribution in [0.25, 0.3) is 0 Å². The molecule has 2 N–H and O–H groups in total. The Kier molecular flexibility index (Phi) is 3.77. The van der Waals surface area contributed by atoms with E-state index in [1.54, 1.807) is 0 Å². The minimum absolute atomic E-state index is 0.0578. The van der Waals surface area contributed by atoms with Crippen LogP contribution < -0.4 is 15.4 Å². The molecule has 1 unspecified atom stereocenters. The van der Waals surface area contributed by atoms with E-state index in [1.807, 2.05) is 30.3 Å². The Morgan fingerprint density at radius 3 is 2.94 bits per heavy atom. The van der Waals surface area contributed by atoms with Crippen molar-refractivity contribution in [2.45, 2.75) is 12.5 Å². The van der Waals surface area contributed by atoms with Gasteiger partial charge >= 0.3 is 0 Å². The molecule has 1 heterocycles. The van der Waals surface area contributed by atoms with Crippen LogP contribution in [0.1, 0.15) is 6.42 Å². The number of benzene rings is 1. The summed E-state index contributed by atoms with van der Waals surface area (Å²) in [7, 11) is 0. The number of rotatable bonds is 4. The molecule has 0 saturated carbocycles. The van der Waals surface area contributed by atoms with Crippen molar-refractivity contribution in [3.8, 4) is 5.75 Å². The van der Waals surface area contributed by atoms with Gasteiger partial charge in [-0.1, -0.05) is 18.2 Å². The number of ether oxygens (including phenoxy) is 1. The third-order valence-corrected chi connectivity index (χ3v) is 2.54. The summed E-state index contributed by atoms with van der Waals surface area (Å²) in [5, 5.41) is 6.12. The predicted molar refractivity (Wildman–Crippen MR) is 61.4 cm³/mol. The monoisotopic (exact) mass is 220 g/mol. The fourth-order valence-electron chi connectivity index (χ4n) is 1.71. The van der Waals surface area contributed by atoms with Crippen LogP contribution in [0.4, 0.5) is 0 Å². The van der Waals surface area contributed by atoms with Crippen molar-refractivity contribution in [2.24, 2.45) is 0 Å². The molecule has 0 radical (unpaired) electrons. The molecule has 4 nitrogen and oxygen atoms in total. The molecule has 86 valence electrons. The summed E-state index contributed by atoms with van der Waals surface area (Å²) >= 11 is 0. The Hall–Kier alpha value is -1.55. The number of nitrogens with one attached hydrogen (secondary N) is 2. The van der Waals surface area contributed by atoms with Gasteiger partial charge in [0.05, 0.1) is 0 Å². The highest BCUT2D eigenvalue weighted by Gasteiger charge is 2.16. The number of carbonyl (C=O) groups is 1. The molecule has 1 atom stereocenters. The maximum absolute atomic E-state index is 11.5. The molecule has 0 spiro atoms. The smallest absolute Gasteiger partial charge is 0.258 e. The molecule has 1 aromatic rings. The number of hydrogen-bond acceptors (Lipinski definition) is 3. The van der Waals surface area contributed by atoms with Gasteiger partial charge in [-0.2, -0.15) is 0 Å². The molecule has 1 aromatic carbocycles. The van der Waals surface area contributed by atoms with E-state index in [4.69, 9.17) is 4.74 Å². The summed E-state index contributed by atoms with van der Waals surface area (Å²) in [5.74, 6) is 0.666. The lowest BCUT2D eigenvalue weighted by Crippen LogP contribution is -2.39. The summed E-state index contributed by atoms with van der Waals surface area (Å²) < 4.78 is 5.35. The largest absolute Gasteiger partial charge is 0.484 e. The average Bonchev–Trinajstić information content (AvgIpc) is 2.81. The number of para-hydroxylation sites is 1. The van der Waals surface area contributed by atoms with Crippen LogP contribution in [-0.4, -0.2) is 31.6 Å². The maximum atomic E-state index is 11.5. The molecule has 1 amide bonds. The van der Waals surface area contributed by atoms with Crippen molar-refractivity contribution in [1.29, 1.82) is 0 Å². The normalized spacial score (nSPS) is 19.4. The molecule has 1 fully saturated rings. The fourth-order valence-corrected chi connectivity index (χ4v) is 1.71. The topological polar surface area (TPSA) is 50.4 Å². The Morgan fingerprint density at radius 1 is 1.44 bits per heavy atom. The van der Waals surface area contributed by atoms with Gasteiger partial charge in [0, 0.05) is 12.6 Å². The summed E-state index contributed by atoms with van der Waals surface area (Å²) in [5.41, 5.74) is 0. The number of carbonyl (C=O) groups excluding carboxylic acids is 1. The average molecular weight is 220 g/mol. The SMILES string of the molecule is O=C(COc1ccccc1)NC1CCNC1. The number of amides is 1. The van der Waals surface area contributed by atoms with Crippen molar-refractivity contribution in [3.05, 3.63) is 30.3 Å². The van der Waals surface area contributed by atoms with Crippen molar-refractivity contribution >= 4 is 5.91 Å². The molecule has 0 aromatic heterocycles. The van der Waals surface area contributed by atoms with Crippen LogP contribution >= 0.6 is 0 Å². The van der Waals surface area contributed by atoms with Gasteiger partial charge in [-0.05, 0) is 25.1 Å². The standard InChI is InChI=1S/C12H16N2O2/c15-12(14-10-6-7-13-8-10)9-16-11-4-2-1-3-5-11/h1-5,10,13H,6-9H2,(H,14,15). The van der Waals surface area contributed by atoms with E-state index in [-0.39, 0.29) is 18.6 Å². The van der Waals surface area contributed by atoms with Crippen LogP contribution in [0.5, 0.6) is 5.75 Å². The first-order valence-corrected chi connectivity index (χ1v) is 5.52. The minimum Gasteiger partial charge on any atom is -0.484 e. The van der Waals surface area contributed by atoms with Crippen molar-refractivity contribution in [3.63, 3.8) is 0 Å². The second-order valence-corrected chi connectivity index (χ2v) is 3.86.